The van der Waals surface area contributed by atoms with Gasteiger partial charge in [0.1, 0.15) is 5.54 Å². The van der Waals surface area contributed by atoms with E-state index in [1.54, 1.807) is 0 Å². The zero-order chi connectivity index (χ0) is 14.8. The van der Waals surface area contributed by atoms with E-state index >= 15 is 0 Å². The van der Waals surface area contributed by atoms with Crippen LogP contribution in [0, 0.1) is 0 Å². The van der Waals surface area contributed by atoms with E-state index in [0.717, 1.165) is 25.9 Å². The molecule has 0 aromatic carbocycles. The summed E-state index contributed by atoms with van der Waals surface area (Å²) in [4.78, 5) is 14.6. The molecule has 5 nitrogen and oxygen atoms in total. The Morgan fingerprint density at radius 1 is 1.45 bits per heavy atom. The number of esters is 1. The van der Waals surface area contributed by atoms with Crippen LogP contribution >= 0.6 is 0 Å². The van der Waals surface area contributed by atoms with Crippen LogP contribution in [0.15, 0.2) is 0 Å². The molecule has 0 radical (unpaired) electrons. The van der Waals surface area contributed by atoms with Gasteiger partial charge in [-0.2, -0.15) is 0 Å². The minimum atomic E-state index is -0.631. The molecule has 1 aliphatic heterocycles. The molecule has 0 aromatic heterocycles. The molecule has 20 heavy (non-hydrogen) atoms. The quantitative estimate of drug-likeness (QED) is 0.711. The van der Waals surface area contributed by atoms with Gasteiger partial charge in [0.05, 0.1) is 12.7 Å². The second-order valence-corrected chi connectivity index (χ2v) is 6.32. The summed E-state index contributed by atoms with van der Waals surface area (Å²) < 4.78 is 10.9. The predicted molar refractivity (Wildman–Crippen MR) is 77.6 cm³/mol. The molecule has 5 heteroatoms. The number of ether oxygens (including phenoxy) is 2. The number of hydrogen-bond donors (Lipinski definition) is 1. The number of carbonyl (C=O) groups is 1. The summed E-state index contributed by atoms with van der Waals surface area (Å²) in [6.07, 6.45) is 3.57. The number of nitrogens with one attached hydrogen (secondary N) is 1. The first-order valence-electron chi connectivity index (χ1n) is 7.73. The van der Waals surface area contributed by atoms with Crippen LogP contribution in [0.5, 0.6) is 0 Å². The molecule has 1 N–H and O–H groups in total. The zero-order valence-corrected chi connectivity index (χ0v) is 13.1. The highest BCUT2D eigenvalue weighted by Crippen LogP contribution is 2.25. The van der Waals surface area contributed by atoms with Crippen molar-refractivity contribution in [2.75, 3.05) is 26.8 Å². The number of rotatable bonds is 7. The summed E-state index contributed by atoms with van der Waals surface area (Å²) >= 11 is 0. The van der Waals surface area contributed by atoms with Crippen molar-refractivity contribution in [3.8, 4) is 0 Å². The normalized spacial score (nSPS) is 29.4. The molecular formula is C15H28N2O3. The predicted octanol–water partition coefficient (Wildman–Crippen LogP) is 1.17. The van der Waals surface area contributed by atoms with E-state index in [-0.39, 0.29) is 12.1 Å². The molecule has 2 rings (SSSR count). The molecule has 3 unspecified atom stereocenters. The molecular weight excluding hydrogens is 256 g/mol. The molecule has 2 fully saturated rings. The van der Waals surface area contributed by atoms with Gasteiger partial charge in [-0.1, -0.05) is 0 Å². The highest BCUT2D eigenvalue weighted by atomic mass is 16.5. The Morgan fingerprint density at radius 2 is 2.15 bits per heavy atom. The van der Waals surface area contributed by atoms with E-state index in [9.17, 15) is 4.79 Å². The van der Waals surface area contributed by atoms with Gasteiger partial charge >= 0.3 is 5.97 Å². The van der Waals surface area contributed by atoms with Crippen molar-refractivity contribution < 1.29 is 14.3 Å². The van der Waals surface area contributed by atoms with E-state index in [1.807, 2.05) is 13.8 Å². The van der Waals surface area contributed by atoms with Gasteiger partial charge in [-0.05, 0) is 47.1 Å². The third-order valence-electron chi connectivity index (χ3n) is 4.29. The summed E-state index contributed by atoms with van der Waals surface area (Å²) in [6.45, 7) is 7.80. The van der Waals surface area contributed by atoms with E-state index in [0.29, 0.717) is 25.2 Å². The summed E-state index contributed by atoms with van der Waals surface area (Å²) in [6, 6.07) is 0.847. The van der Waals surface area contributed by atoms with Gasteiger partial charge in [0.2, 0.25) is 0 Å². The second kappa shape index (κ2) is 6.41. The average molecular weight is 284 g/mol. The lowest BCUT2D eigenvalue weighted by Gasteiger charge is -2.36. The first kappa shape index (κ1) is 15.7. The molecule has 0 amide bonds. The van der Waals surface area contributed by atoms with Gasteiger partial charge in [-0.25, -0.2) is 0 Å². The minimum Gasteiger partial charge on any atom is -0.465 e. The summed E-state index contributed by atoms with van der Waals surface area (Å²) in [5.74, 6) is -0.148. The maximum Gasteiger partial charge on any atom is 0.327 e. The molecule has 3 atom stereocenters. The molecule has 1 saturated carbocycles. The Labute approximate surface area is 122 Å². The van der Waals surface area contributed by atoms with Gasteiger partial charge in [0.25, 0.3) is 0 Å². The molecule has 0 spiro atoms. The standard InChI is InChI=1S/C15H28N2O3/c1-5-19-14(18)15(3,16-12-6-7-12)10-17(4)13-8-9-20-11(13)2/h11-13,16H,5-10H2,1-4H3. The number of carbonyl (C=O) groups excluding carboxylic acids is 1. The summed E-state index contributed by atoms with van der Waals surface area (Å²) in [7, 11) is 2.07. The molecule has 1 aliphatic carbocycles. The number of nitrogens with zero attached hydrogens (tertiary/aromatic N) is 1. The Hall–Kier alpha value is -0.650. The van der Waals surface area contributed by atoms with Crippen LogP contribution < -0.4 is 5.32 Å². The Morgan fingerprint density at radius 3 is 2.65 bits per heavy atom. The molecule has 1 heterocycles. The van der Waals surface area contributed by atoms with E-state index in [1.165, 1.54) is 0 Å². The maximum absolute atomic E-state index is 12.3. The van der Waals surface area contributed by atoms with Crippen molar-refractivity contribution in [3.05, 3.63) is 0 Å². The minimum absolute atomic E-state index is 0.148. The fourth-order valence-electron chi connectivity index (χ4n) is 3.05. The first-order valence-corrected chi connectivity index (χ1v) is 7.73. The van der Waals surface area contributed by atoms with Gasteiger partial charge in [0.15, 0.2) is 0 Å². The van der Waals surface area contributed by atoms with Crippen molar-refractivity contribution in [3.63, 3.8) is 0 Å². The first-order chi connectivity index (χ1) is 9.46. The van der Waals surface area contributed by atoms with Crippen LogP contribution in [-0.4, -0.2) is 61.4 Å². The van der Waals surface area contributed by atoms with E-state index in [2.05, 4.69) is 24.2 Å². The maximum atomic E-state index is 12.3. The lowest BCUT2D eigenvalue weighted by Crippen LogP contribution is -2.59. The molecule has 0 aromatic rings. The molecule has 116 valence electrons. The lowest BCUT2D eigenvalue weighted by atomic mass is 9.99. The van der Waals surface area contributed by atoms with Crippen molar-refractivity contribution >= 4 is 5.97 Å². The highest BCUT2D eigenvalue weighted by molar-refractivity contribution is 5.80. The SMILES string of the molecule is CCOC(=O)C(C)(CN(C)C1CCOC1C)NC1CC1. The van der Waals surface area contributed by atoms with Crippen LogP contribution in [-0.2, 0) is 14.3 Å². The average Bonchev–Trinajstić information content (AvgIpc) is 3.07. The Bertz CT molecular complexity index is 346. The molecule has 2 aliphatic rings. The van der Waals surface area contributed by atoms with Gasteiger partial charge in [-0.3, -0.25) is 15.0 Å². The van der Waals surface area contributed by atoms with Crippen molar-refractivity contribution in [2.45, 2.75) is 63.8 Å². The number of likely N-dealkylation sites (N-methyl/N-ethyl adjacent to an activating group) is 1. The van der Waals surface area contributed by atoms with Gasteiger partial charge in [0, 0.05) is 25.2 Å². The fourth-order valence-corrected chi connectivity index (χ4v) is 3.05. The van der Waals surface area contributed by atoms with Crippen LogP contribution in [0.3, 0.4) is 0 Å². The van der Waals surface area contributed by atoms with Gasteiger partial charge < -0.3 is 9.47 Å². The monoisotopic (exact) mass is 284 g/mol. The van der Waals surface area contributed by atoms with Crippen LogP contribution in [0.4, 0.5) is 0 Å². The smallest absolute Gasteiger partial charge is 0.327 e. The summed E-state index contributed by atoms with van der Waals surface area (Å²) in [5, 5.41) is 3.46. The largest absolute Gasteiger partial charge is 0.465 e. The van der Waals surface area contributed by atoms with Crippen molar-refractivity contribution in [1.82, 2.24) is 10.2 Å². The Balaban J connectivity index is 2.00. The Kier molecular flexibility index (Phi) is 5.04. The lowest BCUT2D eigenvalue weighted by molar-refractivity contribution is -0.151. The third-order valence-corrected chi connectivity index (χ3v) is 4.29. The van der Waals surface area contributed by atoms with E-state index in [4.69, 9.17) is 9.47 Å². The zero-order valence-electron chi connectivity index (χ0n) is 13.1. The number of hydrogen-bond acceptors (Lipinski definition) is 5. The van der Waals surface area contributed by atoms with Crippen molar-refractivity contribution in [1.29, 1.82) is 0 Å². The fraction of sp³-hybridized carbons (Fsp3) is 0.933. The third kappa shape index (κ3) is 3.71. The topological polar surface area (TPSA) is 50.8 Å². The molecule has 0 bridgehead atoms. The second-order valence-electron chi connectivity index (χ2n) is 6.32. The van der Waals surface area contributed by atoms with Crippen LogP contribution in [0.1, 0.15) is 40.0 Å². The highest BCUT2D eigenvalue weighted by Gasteiger charge is 2.42. The van der Waals surface area contributed by atoms with Crippen LogP contribution in [0.25, 0.3) is 0 Å². The van der Waals surface area contributed by atoms with Gasteiger partial charge in [-0.15, -0.1) is 0 Å². The van der Waals surface area contributed by atoms with Crippen molar-refractivity contribution in [2.24, 2.45) is 0 Å². The molecule has 1 saturated heterocycles. The van der Waals surface area contributed by atoms with Crippen LogP contribution in [0.2, 0.25) is 0 Å². The van der Waals surface area contributed by atoms with E-state index < -0.39 is 5.54 Å². The summed E-state index contributed by atoms with van der Waals surface area (Å²) in [5.41, 5.74) is -0.631.